The van der Waals surface area contributed by atoms with Crippen LogP contribution in [0.3, 0.4) is 0 Å². The summed E-state index contributed by atoms with van der Waals surface area (Å²) in [5.41, 5.74) is -0.703. The van der Waals surface area contributed by atoms with Crippen LogP contribution >= 0.6 is 39.1 Å². The van der Waals surface area contributed by atoms with Gasteiger partial charge in [-0.1, -0.05) is 6.92 Å². The standard InChI is InChI=1S/C12H13BrCl2F3N/c1-2-11(6-14,7-15)19-10-4-3-8(5-9(10)13)12(16,17)18/h3-5,19H,2,6-7H2,1H3. The smallest absolute Gasteiger partial charge is 0.376 e. The molecule has 0 heterocycles. The molecule has 0 fully saturated rings. The number of nitrogens with one attached hydrogen (secondary N) is 1. The van der Waals surface area contributed by atoms with E-state index in [0.29, 0.717) is 16.6 Å². The zero-order valence-electron chi connectivity index (χ0n) is 10.1. The number of halogens is 6. The van der Waals surface area contributed by atoms with Crippen molar-refractivity contribution in [2.45, 2.75) is 25.1 Å². The van der Waals surface area contributed by atoms with E-state index in [2.05, 4.69) is 21.2 Å². The highest BCUT2D eigenvalue weighted by atomic mass is 79.9. The van der Waals surface area contributed by atoms with Gasteiger partial charge in [-0.05, 0) is 40.5 Å². The molecule has 0 aliphatic heterocycles. The van der Waals surface area contributed by atoms with Crippen molar-refractivity contribution in [1.29, 1.82) is 0 Å². The van der Waals surface area contributed by atoms with E-state index in [1.807, 2.05) is 6.92 Å². The zero-order valence-corrected chi connectivity index (χ0v) is 13.2. The van der Waals surface area contributed by atoms with E-state index in [1.54, 1.807) is 0 Å². The summed E-state index contributed by atoms with van der Waals surface area (Å²) >= 11 is 14.9. The predicted octanol–water partition coefficient (Wildman–Crippen LogP) is 5.51. The summed E-state index contributed by atoms with van der Waals surface area (Å²) in [7, 11) is 0. The van der Waals surface area contributed by atoms with Gasteiger partial charge in [0.25, 0.3) is 0 Å². The minimum absolute atomic E-state index is 0.264. The summed E-state index contributed by atoms with van der Waals surface area (Å²) in [5, 5.41) is 3.11. The van der Waals surface area contributed by atoms with Gasteiger partial charge in [-0.2, -0.15) is 13.2 Å². The van der Waals surface area contributed by atoms with Gasteiger partial charge in [0.15, 0.2) is 0 Å². The Labute approximate surface area is 128 Å². The molecule has 0 amide bonds. The largest absolute Gasteiger partial charge is 0.416 e. The molecule has 0 atom stereocenters. The molecule has 0 bridgehead atoms. The van der Waals surface area contributed by atoms with Crippen molar-refractivity contribution in [2.24, 2.45) is 0 Å². The van der Waals surface area contributed by atoms with Crippen molar-refractivity contribution in [3.8, 4) is 0 Å². The topological polar surface area (TPSA) is 12.0 Å². The normalized spacial score (nSPS) is 12.6. The van der Waals surface area contributed by atoms with Crippen LogP contribution in [0.15, 0.2) is 22.7 Å². The molecule has 108 valence electrons. The number of rotatable bonds is 5. The second kappa shape index (κ2) is 6.55. The molecule has 19 heavy (non-hydrogen) atoms. The SMILES string of the molecule is CCC(CCl)(CCl)Nc1ccc(C(F)(F)F)cc1Br. The number of hydrogen-bond donors (Lipinski definition) is 1. The lowest BCUT2D eigenvalue weighted by Crippen LogP contribution is -2.41. The molecule has 1 rings (SSSR count). The molecule has 1 nitrogen and oxygen atoms in total. The maximum absolute atomic E-state index is 12.6. The Hall–Kier alpha value is -0.130. The van der Waals surface area contributed by atoms with E-state index in [9.17, 15) is 13.2 Å². The van der Waals surface area contributed by atoms with Crippen molar-refractivity contribution >= 4 is 44.8 Å². The van der Waals surface area contributed by atoms with Crippen LogP contribution in [0.2, 0.25) is 0 Å². The second-order valence-corrected chi connectivity index (χ2v) is 5.61. The Bertz CT molecular complexity index is 425. The fourth-order valence-electron chi connectivity index (χ4n) is 1.46. The fourth-order valence-corrected chi connectivity index (χ4v) is 2.73. The van der Waals surface area contributed by atoms with Crippen molar-refractivity contribution in [2.75, 3.05) is 17.1 Å². The van der Waals surface area contributed by atoms with E-state index in [1.165, 1.54) is 6.07 Å². The van der Waals surface area contributed by atoms with Crippen molar-refractivity contribution in [3.05, 3.63) is 28.2 Å². The van der Waals surface area contributed by atoms with Crippen LogP contribution < -0.4 is 5.32 Å². The highest BCUT2D eigenvalue weighted by Crippen LogP contribution is 2.35. The molecule has 0 aromatic heterocycles. The van der Waals surface area contributed by atoms with Crippen LogP contribution in [0.5, 0.6) is 0 Å². The van der Waals surface area contributed by atoms with E-state index in [4.69, 9.17) is 23.2 Å². The maximum Gasteiger partial charge on any atom is 0.416 e. The quantitative estimate of drug-likeness (QED) is 0.666. The van der Waals surface area contributed by atoms with Gasteiger partial charge in [-0.25, -0.2) is 0 Å². The average Bonchev–Trinajstić information content (AvgIpc) is 2.37. The molecule has 0 unspecified atom stereocenters. The van der Waals surface area contributed by atoms with Gasteiger partial charge in [0.05, 0.1) is 11.1 Å². The monoisotopic (exact) mass is 377 g/mol. The Balaban J connectivity index is 3.04. The van der Waals surface area contributed by atoms with Crippen LogP contribution in [0.25, 0.3) is 0 Å². The highest BCUT2D eigenvalue weighted by Gasteiger charge is 2.32. The van der Waals surface area contributed by atoms with E-state index < -0.39 is 17.3 Å². The Morgan fingerprint density at radius 2 is 1.79 bits per heavy atom. The number of hydrogen-bond acceptors (Lipinski definition) is 1. The first-order valence-corrected chi connectivity index (χ1v) is 7.41. The van der Waals surface area contributed by atoms with Gasteiger partial charge in [0, 0.05) is 21.9 Å². The molecule has 0 saturated heterocycles. The molecular formula is C12H13BrCl2F3N. The molecule has 0 spiro atoms. The van der Waals surface area contributed by atoms with E-state index >= 15 is 0 Å². The van der Waals surface area contributed by atoms with Gasteiger partial charge in [-0.3, -0.25) is 0 Å². The minimum atomic E-state index is -4.36. The third-order valence-corrected chi connectivity index (χ3v) is 4.56. The molecule has 1 aromatic carbocycles. The fraction of sp³-hybridized carbons (Fsp3) is 0.500. The number of anilines is 1. The van der Waals surface area contributed by atoms with Crippen molar-refractivity contribution < 1.29 is 13.2 Å². The summed E-state index contributed by atoms with van der Waals surface area (Å²) in [6.07, 6.45) is -3.70. The molecule has 0 saturated carbocycles. The first-order valence-electron chi connectivity index (χ1n) is 5.55. The third-order valence-electron chi connectivity index (χ3n) is 2.88. The Morgan fingerprint density at radius 1 is 1.21 bits per heavy atom. The molecule has 1 N–H and O–H groups in total. The number of benzene rings is 1. The van der Waals surface area contributed by atoms with Crippen LogP contribution in [0.4, 0.5) is 18.9 Å². The van der Waals surface area contributed by atoms with Crippen LogP contribution in [0.1, 0.15) is 18.9 Å². The minimum Gasteiger partial charge on any atom is -0.376 e. The Morgan fingerprint density at radius 3 is 2.16 bits per heavy atom. The molecule has 7 heteroatoms. The molecule has 1 aromatic rings. The summed E-state index contributed by atoms with van der Waals surface area (Å²) in [6, 6.07) is 3.43. The summed E-state index contributed by atoms with van der Waals surface area (Å²) in [6.45, 7) is 1.91. The first-order chi connectivity index (χ1) is 8.78. The molecular weight excluding hydrogens is 366 g/mol. The number of alkyl halides is 5. The summed E-state index contributed by atoms with van der Waals surface area (Å²) in [4.78, 5) is 0. The summed E-state index contributed by atoms with van der Waals surface area (Å²) < 4.78 is 38.0. The zero-order chi connectivity index (χ0) is 14.7. The molecule has 0 aliphatic carbocycles. The summed E-state index contributed by atoms with van der Waals surface area (Å²) in [5.74, 6) is 0.529. The van der Waals surface area contributed by atoms with Crippen molar-refractivity contribution in [3.63, 3.8) is 0 Å². The van der Waals surface area contributed by atoms with Gasteiger partial charge in [-0.15, -0.1) is 23.2 Å². The lowest BCUT2D eigenvalue weighted by Gasteiger charge is -2.31. The Kier molecular flexibility index (Phi) is 5.83. The lowest BCUT2D eigenvalue weighted by molar-refractivity contribution is -0.137. The average molecular weight is 379 g/mol. The van der Waals surface area contributed by atoms with E-state index in [0.717, 1.165) is 12.1 Å². The lowest BCUT2D eigenvalue weighted by atomic mass is 10.0. The van der Waals surface area contributed by atoms with Gasteiger partial charge >= 0.3 is 6.18 Å². The molecule has 0 radical (unpaired) electrons. The second-order valence-electron chi connectivity index (χ2n) is 4.22. The highest BCUT2D eigenvalue weighted by molar-refractivity contribution is 9.10. The third kappa shape index (κ3) is 4.17. The van der Waals surface area contributed by atoms with Crippen molar-refractivity contribution in [1.82, 2.24) is 0 Å². The predicted molar refractivity (Wildman–Crippen MR) is 77.2 cm³/mol. The first kappa shape index (κ1) is 16.9. The molecule has 0 aliphatic rings. The van der Waals surface area contributed by atoms with Gasteiger partial charge in [0.2, 0.25) is 0 Å². The van der Waals surface area contributed by atoms with Crippen LogP contribution in [0, 0.1) is 0 Å². The maximum atomic E-state index is 12.6. The van der Waals surface area contributed by atoms with Gasteiger partial charge < -0.3 is 5.32 Å². The van der Waals surface area contributed by atoms with Gasteiger partial charge in [0.1, 0.15) is 0 Å². The van der Waals surface area contributed by atoms with Crippen LogP contribution in [-0.4, -0.2) is 17.3 Å². The van der Waals surface area contributed by atoms with E-state index in [-0.39, 0.29) is 11.8 Å². The van der Waals surface area contributed by atoms with Crippen LogP contribution in [-0.2, 0) is 6.18 Å².